The molecule has 18 heavy (non-hydrogen) atoms. The maximum atomic E-state index is 5.61. The lowest BCUT2D eigenvalue weighted by Gasteiger charge is -2.17. The fourth-order valence-electron chi connectivity index (χ4n) is 1.70. The van der Waals surface area contributed by atoms with Gasteiger partial charge in [-0.2, -0.15) is 0 Å². The molecule has 0 amide bonds. The van der Waals surface area contributed by atoms with Gasteiger partial charge < -0.3 is 15.4 Å². The molecule has 0 aliphatic heterocycles. The van der Waals surface area contributed by atoms with Crippen molar-refractivity contribution < 1.29 is 4.74 Å². The van der Waals surface area contributed by atoms with Crippen LogP contribution in [0.3, 0.4) is 0 Å². The molecule has 0 atom stereocenters. The highest BCUT2D eigenvalue weighted by Crippen LogP contribution is 2.28. The van der Waals surface area contributed by atoms with Crippen molar-refractivity contribution in [3.05, 3.63) is 17.5 Å². The molecule has 0 saturated heterocycles. The van der Waals surface area contributed by atoms with Gasteiger partial charge in [0.05, 0.1) is 6.61 Å². The molecule has 5 nitrogen and oxygen atoms in total. The standard InChI is InChI=1S/C13H22N4O/c1-10-12(7-14)8-15-13(16-10)17(2)5-6-18-9-11-3-4-11/h8,11H,3-7,9,14H2,1-2H3. The second-order valence-electron chi connectivity index (χ2n) is 4.92. The number of ether oxygens (including phenoxy) is 1. The van der Waals surface area contributed by atoms with E-state index in [1.807, 2.05) is 18.9 Å². The summed E-state index contributed by atoms with van der Waals surface area (Å²) in [5.41, 5.74) is 7.55. The first-order chi connectivity index (χ1) is 8.70. The number of rotatable bonds is 7. The summed E-state index contributed by atoms with van der Waals surface area (Å²) in [4.78, 5) is 10.8. The van der Waals surface area contributed by atoms with Gasteiger partial charge >= 0.3 is 0 Å². The van der Waals surface area contributed by atoms with Gasteiger partial charge in [0.2, 0.25) is 5.95 Å². The summed E-state index contributed by atoms with van der Waals surface area (Å²) in [5, 5.41) is 0. The van der Waals surface area contributed by atoms with Gasteiger partial charge in [0.1, 0.15) is 0 Å². The lowest BCUT2D eigenvalue weighted by Crippen LogP contribution is -2.25. The zero-order chi connectivity index (χ0) is 13.0. The Kier molecular flexibility index (Phi) is 4.49. The minimum atomic E-state index is 0.486. The maximum absolute atomic E-state index is 5.61. The molecule has 0 unspecified atom stereocenters. The van der Waals surface area contributed by atoms with Crippen molar-refractivity contribution in [2.75, 3.05) is 31.7 Å². The van der Waals surface area contributed by atoms with Crippen LogP contribution < -0.4 is 10.6 Å². The van der Waals surface area contributed by atoms with E-state index < -0.39 is 0 Å². The zero-order valence-corrected chi connectivity index (χ0v) is 11.2. The number of aromatic nitrogens is 2. The molecule has 0 spiro atoms. The summed E-state index contributed by atoms with van der Waals surface area (Å²) >= 11 is 0. The van der Waals surface area contributed by atoms with Crippen LogP contribution in [0.5, 0.6) is 0 Å². The van der Waals surface area contributed by atoms with Crippen LogP contribution in [-0.4, -0.2) is 36.8 Å². The van der Waals surface area contributed by atoms with Crippen molar-refractivity contribution in [1.29, 1.82) is 0 Å². The van der Waals surface area contributed by atoms with Crippen LogP contribution in [0.25, 0.3) is 0 Å². The van der Waals surface area contributed by atoms with Crippen LogP contribution in [0.15, 0.2) is 6.20 Å². The highest BCUT2D eigenvalue weighted by atomic mass is 16.5. The third-order valence-electron chi connectivity index (χ3n) is 3.25. The Morgan fingerprint density at radius 1 is 1.50 bits per heavy atom. The number of anilines is 1. The average Bonchev–Trinajstić information content (AvgIpc) is 3.18. The van der Waals surface area contributed by atoms with E-state index in [4.69, 9.17) is 10.5 Å². The Morgan fingerprint density at radius 2 is 2.28 bits per heavy atom. The summed E-state index contributed by atoms with van der Waals surface area (Å²) in [6.07, 6.45) is 4.47. The molecule has 1 aromatic rings. The molecule has 2 rings (SSSR count). The molecular formula is C13H22N4O. The maximum Gasteiger partial charge on any atom is 0.225 e. The minimum Gasteiger partial charge on any atom is -0.379 e. The van der Waals surface area contributed by atoms with Gasteiger partial charge in [-0.1, -0.05) is 0 Å². The van der Waals surface area contributed by atoms with Crippen LogP contribution in [0, 0.1) is 12.8 Å². The Morgan fingerprint density at radius 3 is 2.89 bits per heavy atom. The molecule has 0 radical (unpaired) electrons. The molecule has 1 aromatic heterocycles. The van der Waals surface area contributed by atoms with E-state index in [-0.39, 0.29) is 0 Å². The monoisotopic (exact) mass is 250 g/mol. The first kappa shape index (κ1) is 13.2. The fraction of sp³-hybridized carbons (Fsp3) is 0.692. The molecule has 0 bridgehead atoms. The Balaban J connectivity index is 1.79. The summed E-state index contributed by atoms with van der Waals surface area (Å²) < 4.78 is 5.61. The van der Waals surface area contributed by atoms with Crippen LogP contribution in [-0.2, 0) is 11.3 Å². The summed E-state index contributed by atoms with van der Waals surface area (Å²) in [6, 6.07) is 0. The van der Waals surface area contributed by atoms with E-state index in [1.165, 1.54) is 12.8 Å². The number of hydrogen-bond acceptors (Lipinski definition) is 5. The Labute approximate surface area is 108 Å². The third-order valence-corrected chi connectivity index (χ3v) is 3.25. The lowest BCUT2D eigenvalue weighted by atomic mass is 10.2. The molecule has 1 heterocycles. The molecule has 100 valence electrons. The van der Waals surface area contributed by atoms with Gasteiger partial charge in [0, 0.05) is 44.2 Å². The number of nitrogens with two attached hydrogens (primary N) is 1. The number of likely N-dealkylation sites (N-methyl/N-ethyl adjacent to an activating group) is 1. The van der Waals surface area contributed by atoms with E-state index in [0.717, 1.165) is 42.9 Å². The second-order valence-corrected chi connectivity index (χ2v) is 4.92. The molecule has 5 heteroatoms. The van der Waals surface area contributed by atoms with Gasteiger partial charge in [-0.05, 0) is 25.7 Å². The average molecular weight is 250 g/mol. The fourth-order valence-corrected chi connectivity index (χ4v) is 1.70. The van der Waals surface area contributed by atoms with Crippen LogP contribution in [0.2, 0.25) is 0 Å². The molecule has 2 N–H and O–H groups in total. The van der Waals surface area contributed by atoms with Crippen LogP contribution >= 0.6 is 0 Å². The highest BCUT2D eigenvalue weighted by molar-refractivity contribution is 5.31. The molecule has 0 aromatic carbocycles. The Bertz CT molecular complexity index is 393. The SMILES string of the molecule is Cc1nc(N(C)CCOCC2CC2)ncc1CN. The predicted octanol–water partition coefficient (Wildman–Crippen LogP) is 1.11. The summed E-state index contributed by atoms with van der Waals surface area (Å²) in [5.74, 6) is 1.55. The van der Waals surface area contributed by atoms with Gasteiger partial charge in [-0.3, -0.25) is 0 Å². The van der Waals surface area contributed by atoms with Gasteiger partial charge in [-0.15, -0.1) is 0 Å². The van der Waals surface area contributed by atoms with Crippen molar-refractivity contribution in [2.45, 2.75) is 26.3 Å². The highest BCUT2D eigenvalue weighted by Gasteiger charge is 2.21. The quantitative estimate of drug-likeness (QED) is 0.734. The van der Waals surface area contributed by atoms with Crippen LogP contribution in [0.1, 0.15) is 24.1 Å². The van der Waals surface area contributed by atoms with Gasteiger partial charge in [0.15, 0.2) is 0 Å². The minimum absolute atomic E-state index is 0.486. The third kappa shape index (κ3) is 3.65. The molecular weight excluding hydrogens is 228 g/mol. The largest absolute Gasteiger partial charge is 0.379 e. The first-order valence-corrected chi connectivity index (χ1v) is 6.52. The molecule has 1 fully saturated rings. The number of nitrogens with zero attached hydrogens (tertiary/aromatic N) is 3. The van der Waals surface area contributed by atoms with Gasteiger partial charge in [-0.25, -0.2) is 9.97 Å². The first-order valence-electron chi connectivity index (χ1n) is 6.52. The molecule has 1 aliphatic rings. The number of aryl methyl sites for hydroxylation is 1. The lowest BCUT2D eigenvalue weighted by molar-refractivity contribution is 0.130. The summed E-state index contributed by atoms with van der Waals surface area (Å²) in [6.45, 7) is 4.90. The van der Waals surface area contributed by atoms with E-state index in [1.54, 1.807) is 6.20 Å². The smallest absolute Gasteiger partial charge is 0.225 e. The van der Waals surface area contributed by atoms with E-state index in [2.05, 4.69) is 9.97 Å². The normalized spacial score (nSPS) is 14.8. The second kappa shape index (κ2) is 6.11. The van der Waals surface area contributed by atoms with Crippen LogP contribution in [0.4, 0.5) is 5.95 Å². The van der Waals surface area contributed by atoms with E-state index in [0.29, 0.717) is 6.54 Å². The summed E-state index contributed by atoms with van der Waals surface area (Å²) in [7, 11) is 1.98. The van der Waals surface area contributed by atoms with E-state index >= 15 is 0 Å². The predicted molar refractivity (Wildman–Crippen MR) is 71.5 cm³/mol. The van der Waals surface area contributed by atoms with E-state index in [9.17, 15) is 0 Å². The van der Waals surface area contributed by atoms with Crippen molar-refractivity contribution in [1.82, 2.24) is 9.97 Å². The van der Waals surface area contributed by atoms with Crippen molar-refractivity contribution in [2.24, 2.45) is 11.7 Å². The molecule has 1 aliphatic carbocycles. The van der Waals surface area contributed by atoms with Crippen molar-refractivity contribution in [3.63, 3.8) is 0 Å². The van der Waals surface area contributed by atoms with Gasteiger partial charge in [0.25, 0.3) is 0 Å². The number of hydrogen-bond donors (Lipinski definition) is 1. The van der Waals surface area contributed by atoms with Crippen molar-refractivity contribution in [3.8, 4) is 0 Å². The molecule has 1 saturated carbocycles. The Hall–Kier alpha value is -1.20. The topological polar surface area (TPSA) is 64.3 Å². The zero-order valence-electron chi connectivity index (χ0n) is 11.2. The van der Waals surface area contributed by atoms with Crippen molar-refractivity contribution >= 4 is 5.95 Å².